The fourth-order valence-electron chi connectivity index (χ4n) is 1.30. The number of carboxylic acids is 1. The Labute approximate surface area is 97.6 Å². The number of imidazole rings is 1. The molecular formula is C9H5N3O2S2. The van der Waals surface area contributed by atoms with Crippen LogP contribution in [-0.4, -0.2) is 25.7 Å². The Morgan fingerprint density at radius 2 is 2.38 bits per heavy atom. The van der Waals surface area contributed by atoms with Gasteiger partial charge in [-0.1, -0.05) is 17.4 Å². The van der Waals surface area contributed by atoms with Crippen molar-refractivity contribution < 1.29 is 9.90 Å². The average molecular weight is 251 g/mol. The SMILES string of the molecule is O=C(O)c1cn2nc(-c3cccs3)sc2n1. The number of fused-ring (bicyclic) bond motifs is 1. The van der Waals surface area contributed by atoms with Gasteiger partial charge in [0.15, 0.2) is 10.7 Å². The molecule has 0 bridgehead atoms. The molecule has 0 fully saturated rings. The van der Waals surface area contributed by atoms with Crippen LogP contribution in [0.15, 0.2) is 23.7 Å². The highest BCUT2D eigenvalue weighted by Crippen LogP contribution is 2.28. The lowest BCUT2D eigenvalue weighted by Crippen LogP contribution is -1.95. The highest BCUT2D eigenvalue weighted by Gasteiger charge is 2.13. The van der Waals surface area contributed by atoms with E-state index in [4.69, 9.17) is 5.11 Å². The number of thiophene rings is 1. The monoisotopic (exact) mass is 251 g/mol. The first-order valence-electron chi connectivity index (χ1n) is 4.37. The third-order valence-electron chi connectivity index (χ3n) is 1.99. The van der Waals surface area contributed by atoms with Gasteiger partial charge in [-0.15, -0.1) is 11.3 Å². The first kappa shape index (κ1) is 9.49. The van der Waals surface area contributed by atoms with Gasteiger partial charge in [-0.2, -0.15) is 5.10 Å². The van der Waals surface area contributed by atoms with Crippen LogP contribution in [0.1, 0.15) is 10.5 Å². The largest absolute Gasteiger partial charge is 0.476 e. The van der Waals surface area contributed by atoms with Crippen LogP contribution in [0.2, 0.25) is 0 Å². The summed E-state index contributed by atoms with van der Waals surface area (Å²) in [6.45, 7) is 0. The van der Waals surface area contributed by atoms with E-state index in [1.807, 2.05) is 17.5 Å². The number of carbonyl (C=O) groups is 1. The minimum absolute atomic E-state index is 0.0245. The summed E-state index contributed by atoms with van der Waals surface area (Å²) in [6, 6.07) is 3.92. The van der Waals surface area contributed by atoms with E-state index in [1.165, 1.54) is 22.0 Å². The third-order valence-corrected chi connectivity index (χ3v) is 3.96. The van der Waals surface area contributed by atoms with E-state index >= 15 is 0 Å². The number of hydrogen-bond donors (Lipinski definition) is 1. The first-order chi connectivity index (χ1) is 7.74. The second kappa shape index (κ2) is 3.39. The van der Waals surface area contributed by atoms with Gasteiger partial charge in [0.25, 0.3) is 0 Å². The van der Waals surface area contributed by atoms with Crippen molar-refractivity contribution in [2.24, 2.45) is 0 Å². The first-order valence-corrected chi connectivity index (χ1v) is 6.07. The fraction of sp³-hybridized carbons (Fsp3) is 0. The highest BCUT2D eigenvalue weighted by atomic mass is 32.1. The molecule has 0 radical (unpaired) electrons. The van der Waals surface area contributed by atoms with Gasteiger partial charge >= 0.3 is 5.97 Å². The lowest BCUT2D eigenvalue weighted by Gasteiger charge is -1.85. The number of aromatic nitrogens is 3. The molecule has 0 saturated carbocycles. The van der Waals surface area contributed by atoms with E-state index < -0.39 is 5.97 Å². The van der Waals surface area contributed by atoms with Crippen molar-refractivity contribution in [3.63, 3.8) is 0 Å². The van der Waals surface area contributed by atoms with Crippen molar-refractivity contribution in [2.45, 2.75) is 0 Å². The van der Waals surface area contributed by atoms with Crippen LogP contribution in [0.5, 0.6) is 0 Å². The fourth-order valence-corrected chi connectivity index (χ4v) is 2.98. The van der Waals surface area contributed by atoms with Gasteiger partial charge in [0.1, 0.15) is 0 Å². The van der Waals surface area contributed by atoms with Gasteiger partial charge < -0.3 is 5.11 Å². The second-order valence-corrected chi connectivity index (χ2v) is 4.95. The molecule has 1 N–H and O–H groups in total. The molecule has 0 unspecified atom stereocenters. The molecule has 3 heterocycles. The number of hydrogen-bond acceptors (Lipinski definition) is 5. The lowest BCUT2D eigenvalue weighted by atomic mass is 10.5. The molecule has 0 aliphatic heterocycles. The van der Waals surface area contributed by atoms with Crippen molar-refractivity contribution in [2.75, 3.05) is 0 Å². The standard InChI is InChI=1S/C9H5N3O2S2/c13-8(14)5-4-12-9(10-5)16-7(11-12)6-2-1-3-15-6/h1-4H,(H,13,14). The molecular weight excluding hydrogens is 246 g/mol. The molecule has 16 heavy (non-hydrogen) atoms. The van der Waals surface area contributed by atoms with Crippen molar-refractivity contribution in [1.82, 2.24) is 14.6 Å². The molecule has 0 spiro atoms. The van der Waals surface area contributed by atoms with E-state index in [-0.39, 0.29) is 5.69 Å². The molecule has 7 heteroatoms. The molecule has 3 aromatic rings. The number of nitrogens with zero attached hydrogens (tertiary/aromatic N) is 3. The van der Waals surface area contributed by atoms with E-state index in [2.05, 4.69) is 10.1 Å². The van der Waals surface area contributed by atoms with Crippen molar-refractivity contribution in [3.05, 3.63) is 29.4 Å². The van der Waals surface area contributed by atoms with Gasteiger partial charge in [-0.25, -0.2) is 14.3 Å². The Bertz CT molecular complexity index is 622. The maximum atomic E-state index is 10.7. The van der Waals surface area contributed by atoms with Crippen LogP contribution in [-0.2, 0) is 0 Å². The molecule has 0 aliphatic carbocycles. The Morgan fingerprint density at radius 1 is 1.50 bits per heavy atom. The van der Waals surface area contributed by atoms with Gasteiger partial charge in [0.05, 0.1) is 11.1 Å². The summed E-state index contributed by atoms with van der Waals surface area (Å²) in [4.78, 5) is 16.3. The summed E-state index contributed by atoms with van der Waals surface area (Å²) in [6.07, 6.45) is 1.42. The predicted molar refractivity (Wildman–Crippen MR) is 61.1 cm³/mol. The molecule has 0 amide bonds. The summed E-state index contributed by atoms with van der Waals surface area (Å²) in [5, 5.41) is 15.9. The second-order valence-electron chi connectivity index (χ2n) is 3.04. The predicted octanol–water partition coefficient (Wildman–Crippen LogP) is 2.22. The average Bonchev–Trinajstić information content (AvgIpc) is 2.91. The minimum Gasteiger partial charge on any atom is -0.476 e. The smallest absolute Gasteiger partial charge is 0.356 e. The van der Waals surface area contributed by atoms with Gasteiger partial charge in [-0.05, 0) is 11.4 Å². The van der Waals surface area contributed by atoms with Crippen LogP contribution in [0.25, 0.3) is 14.8 Å². The lowest BCUT2D eigenvalue weighted by molar-refractivity contribution is 0.0691. The van der Waals surface area contributed by atoms with Gasteiger partial charge in [-0.3, -0.25) is 0 Å². The molecule has 3 rings (SSSR count). The van der Waals surface area contributed by atoms with Gasteiger partial charge in [0, 0.05) is 0 Å². The molecule has 0 atom stereocenters. The van der Waals surface area contributed by atoms with Crippen LogP contribution in [0.4, 0.5) is 0 Å². The van der Waals surface area contributed by atoms with Crippen molar-refractivity contribution in [3.8, 4) is 9.88 Å². The Balaban J connectivity index is 2.12. The van der Waals surface area contributed by atoms with E-state index in [0.717, 1.165) is 9.88 Å². The van der Waals surface area contributed by atoms with Crippen LogP contribution < -0.4 is 0 Å². The van der Waals surface area contributed by atoms with Gasteiger partial charge in [0.2, 0.25) is 4.96 Å². The maximum absolute atomic E-state index is 10.7. The highest BCUT2D eigenvalue weighted by molar-refractivity contribution is 7.23. The number of carboxylic acid groups (broad SMARTS) is 1. The zero-order chi connectivity index (χ0) is 11.1. The van der Waals surface area contributed by atoms with Crippen LogP contribution >= 0.6 is 22.7 Å². The third kappa shape index (κ3) is 1.41. The summed E-state index contributed by atoms with van der Waals surface area (Å²) in [5.74, 6) is -1.03. The van der Waals surface area contributed by atoms with E-state index in [0.29, 0.717) is 4.96 Å². The normalized spacial score (nSPS) is 11.0. The Kier molecular flexibility index (Phi) is 2.01. The van der Waals surface area contributed by atoms with Crippen molar-refractivity contribution >= 4 is 33.6 Å². The van der Waals surface area contributed by atoms with Crippen molar-refractivity contribution in [1.29, 1.82) is 0 Å². The minimum atomic E-state index is -1.03. The molecule has 0 aliphatic rings. The topological polar surface area (TPSA) is 67.5 Å². The van der Waals surface area contributed by atoms with Crippen LogP contribution in [0, 0.1) is 0 Å². The van der Waals surface area contributed by atoms with Crippen LogP contribution in [0.3, 0.4) is 0 Å². The summed E-state index contributed by atoms with van der Waals surface area (Å²) >= 11 is 2.98. The molecule has 5 nitrogen and oxygen atoms in total. The van der Waals surface area contributed by atoms with E-state index in [9.17, 15) is 4.79 Å². The Hall–Kier alpha value is -1.73. The zero-order valence-corrected chi connectivity index (χ0v) is 9.46. The Morgan fingerprint density at radius 3 is 3.00 bits per heavy atom. The zero-order valence-electron chi connectivity index (χ0n) is 7.82. The number of rotatable bonds is 2. The number of aromatic carboxylic acids is 1. The quantitative estimate of drug-likeness (QED) is 0.758. The summed E-state index contributed by atoms with van der Waals surface area (Å²) in [7, 11) is 0. The molecule has 0 saturated heterocycles. The molecule has 0 aromatic carbocycles. The van der Waals surface area contributed by atoms with E-state index in [1.54, 1.807) is 11.3 Å². The molecule has 80 valence electrons. The summed E-state index contributed by atoms with van der Waals surface area (Å²) < 4.78 is 1.50. The maximum Gasteiger partial charge on any atom is 0.356 e. The summed E-state index contributed by atoms with van der Waals surface area (Å²) in [5.41, 5.74) is 0.0245. The molecule has 3 aromatic heterocycles.